The molecular formula is C9H15N5S. The van der Waals surface area contributed by atoms with Crippen molar-refractivity contribution < 1.29 is 0 Å². The van der Waals surface area contributed by atoms with Crippen LogP contribution in [0.1, 0.15) is 5.56 Å². The monoisotopic (exact) mass is 225 g/mol. The normalized spacial score (nSPS) is 16.5. The van der Waals surface area contributed by atoms with E-state index in [0.29, 0.717) is 5.95 Å². The molecule has 0 aliphatic carbocycles. The van der Waals surface area contributed by atoms with E-state index in [-0.39, 0.29) is 0 Å². The molecule has 5 nitrogen and oxygen atoms in total. The SMILES string of the molecule is Cc1cnc(NN)nc1N1CCSCC1. The number of nitrogen functional groups attached to an aromatic ring is 1. The largest absolute Gasteiger partial charge is 0.355 e. The maximum absolute atomic E-state index is 5.30. The summed E-state index contributed by atoms with van der Waals surface area (Å²) in [4.78, 5) is 10.7. The third kappa shape index (κ3) is 2.32. The zero-order valence-electron chi connectivity index (χ0n) is 8.73. The van der Waals surface area contributed by atoms with Crippen LogP contribution in [0, 0.1) is 6.92 Å². The van der Waals surface area contributed by atoms with E-state index in [4.69, 9.17) is 5.84 Å². The van der Waals surface area contributed by atoms with Gasteiger partial charge in [0, 0.05) is 36.4 Å². The van der Waals surface area contributed by atoms with E-state index in [2.05, 4.69) is 20.3 Å². The van der Waals surface area contributed by atoms with Crippen LogP contribution in [0.3, 0.4) is 0 Å². The number of hydrogen-bond acceptors (Lipinski definition) is 6. The van der Waals surface area contributed by atoms with Crippen LogP contribution < -0.4 is 16.2 Å². The fraction of sp³-hybridized carbons (Fsp3) is 0.556. The number of nitrogens with two attached hydrogens (primary N) is 1. The van der Waals surface area contributed by atoms with E-state index in [0.717, 1.165) is 36.0 Å². The first-order valence-corrected chi connectivity index (χ1v) is 6.09. The van der Waals surface area contributed by atoms with Crippen LogP contribution in [0.4, 0.5) is 11.8 Å². The van der Waals surface area contributed by atoms with E-state index in [1.54, 1.807) is 6.20 Å². The van der Waals surface area contributed by atoms with E-state index >= 15 is 0 Å². The van der Waals surface area contributed by atoms with Crippen molar-refractivity contribution in [3.05, 3.63) is 11.8 Å². The second-order valence-electron chi connectivity index (χ2n) is 3.44. The first-order chi connectivity index (χ1) is 7.31. The van der Waals surface area contributed by atoms with Gasteiger partial charge in [0.15, 0.2) is 0 Å². The minimum absolute atomic E-state index is 0.480. The Balaban J connectivity index is 2.24. The third-order valence-electron chi connectivity index (χ3n) is 2.38. The number of anilines is 2. The number of nitrogens with zero attached hydrogens (tertiary/aromatic N) is 3. The van der Waals surface area contributed by atoms with Gasteiger partial charge in [0.25, 0.3) is 0 Å². The van der Waals surface area contributed by atoms with Crippen LogP contribution in [-0.4, -0.2) is 34.6 Å². The van der Waals surface area contributed by atoms with Crippen molar-refractivity contribution in [2.75, 3.05) is 34.9 Å². The standard InChI is InChI=1S/C9H15N5S/c1-7-6-11-9(13-10)12-8(7)14-2-4-15-5-3-14/h6H,2-5,10H2,1H3,(H,11,12,13). The molecule has 0 unspecified atom stereocenters. The van der Waals surface area contributed by atoms with Gasteiger partial charge >= 0.3 is 0 Å². The Morgan fingerprint density at radius 2 is 2.20 bits per heavy atom. The number of rotatable bonds is 2. The number of aromatic nitrogens is 2. The molecule has 1 fully saturated rings. The van der Waals surface area contributed by atoms with E-state index in [1.165, 1.54) is 0 Å². The Kier molecular flexibility index (Phi) is 3.27. The van der Waals surface area contributed by atoms with Crippen molar-refractivity contribution in [1.82, 2.24) is 9.97 Å². The summed E-state index contributed by atoms with van der Waals surface area (Å²) >= 11 is 1.98. The van der Waals surface area contributed by atoms with Crippen molar-refractivity contribution in [2.45, 2.75) is 6.92 Å². The second-order valence-corrected chi connectivity index (χ2v) is 4.67. The van der Waals surface area contributed by atoms with Gasteiger partial charge in [0.2, 0.25) is 5.95 Å². The smallest absolute Gasteiger partial charge is 0.239 e. The van der Waals surface area contributed by atoms with Gasteiger partial charge < -0.3 is 4.90 Å². The molecule has 1 aromatic rings. The van der Waals surface area contributed by atoms with Crippen molar-refractivity contribution in [3.8, 4) is 0 Å². The molecule has 0 radical (unpaired) electrons. The maximum Gasteiger partial charge on any atom is 0.239 e. The molecule has 1 aromatic heterocycles. The van der Waals surface area contributed by atoms with Gasteiger partial charge in [-0.1, -0.05) is 0 Å². The number of thioether (sulfide) groups is 1. The Hall–Kier alpha value is -1.01. The summed E-state index contributed by atoms with van der Waals surface area (Å²) < 4.78 is 0. The summed E-state index contributed by atoms with van der Waals surface area (Å²) in [6.45, 7) is 4.12. The molecule has 2 rings (SSSR count). The summed E-state index contributed by atoms with van der Waals surface area (Å²) in [5.74, 6) is 9.10. The first kappa shape index (κ1) is 10.5. The fourth-order valence-corrected chi connectivity index (χ4v) is 2.50. The molecule has 1 aliphatic heterocycles. The minimum Gasteiger partial charge on any atom is -0.355 e. The highest BCUT2D eigenvalue weighted by Gasteiger charge is 2.15. The first-order valence-electron chi connectivity index (χ1n) is 4.94. The van der Waals surface area contributed by atoms with Crippen LogP contribution in [0.25, 0.3) is 0 Å². The van der Waals surface area contributed by atoms with Gasteiger partial charge in [0.05, 0.1) is 0 Å². The van der Waals surface area contributed by atoms with Crippen molar-refractivity contribution in [1.29, 1.82) is 0 Å². The van der Waals surface area contributed by atoms with Gasteiger partial charge in [-0.05, 0) is 6.92 Å². The second kappa shape index (κ2) is 4.67. The molecule has 2 heterocycles. The predicted octanol–water partition coefficient (Wildman–Crippen LogP) is 0.624. The minimum atomic E-state index is 0.480. The number of hydrazine groups is 1. The summed E-state index contributed by atoms with van der Waals surface area (Å²) in [7, 11) is 0. The molecule has 0 atom stereocenters. The number of hydrogen-bond donors (Lipinski definition) is 2. The lowest BCUT2D eigenvalue weighted by Gasteiger charge is -2.28. The van der Waals surface area contributed by atoms with Gasteiger partial charge in [-0.2, -0.15) is 16.7 Å². The van der Waals surface area contributed by atoms with Crippen LogP contribution >= 0.6 is 11.8 Å². The summed E-state index contributed by atoms with van der Waals surface area (Å²) in [5.41, 5.74) is 3.58. The highest BCUT2D eigenvalue weighted by atomic mass is 32.2. The highest BCUT2D eigenvalue weighted by molar-refractivity contribution is 7.99. The Labute approximate surface area is 93.4 Å². The molecule has 0 spiro atoms. The van der Waals surface area contributed by atoms with E-state index < -0.39 is 0 Å². The van der Waals surface area contributed by atoms with Gasteiger partial charge in [-0.25, -0.2) is 10.8 Å². The molecule has 15 heavy (non-hydrogen) atoms. The van der Waals surface area contributed by atoms with Crippen molar-refractivity contribution in [2.24, 2.45) is 5.84 Å². The molecule has 0 amide bonds. The molecule has 6 heteroatoms. The Morgan fingerprint density at radius 1 is 1.47 bits per heavy atom. The zero-order chi connectivity index (χ0) is 10.7. The van der Waals surface area contributed by atoms with Crippen LogP contribution in [-0.2, 0) is 0 Å². The molecule has 0 bridgehead atoms. The van der Waals surface area contributed by atoms with Gasteiger partial charge in [-0.15, -0.1) is 0 Å². The van der Waals surface area contributed by atoms with Crippen LogP contribution in [0.5, 0.6) is 0 Å². The quantitative estimate of drug-likeness (QED) is 0.568. The average Bonchev–Trinajstić information content (AvgIpc) is 2.31. The molecule has 0 saturated carbocycles. The molecular weight excluding hydrogens is 210 g/mol. The van der Waals surface area contributed by atoms with E-state index in [1.807, 2.05) is 18.7 Å². The maximum atomic E-state index is 5.30. The lowest BCUT2D eigenvalue weighted by Crippen LogP contribution is -2.34. The highest BCUT2D eigenvalue weighted by Crippen LogP contribution is 2.21. The third-order valence-corrected chi connectivity index (χ3v) is 3.33. The van der Waals surface area contributed by atoms with E-state index in [9.17, 15) is 0 Å². The average molecular weight is 225 g/mol. The molecule has 0 aromatic carbocycles. The summed E-state index contributed by atoms with van der Waals surface area (Å²) in [6.07, 6.45) is 1.80. The summed E-state index contributed by atoms with van der Waals surface area (Å²) in [5, 5.41) is 0. The molecule has 3 N–H and O–H groups in total. The van der Waals surface area contributed by atoms with Crippen LogP contribution in [0.2, 0.25) is 0 Å². The Morgan fingerprint density at radius 3 is 2.87 bits per heavy atom. The van der Waals surface area contributed by atoms with Gasteiger partial charge in [-0.3, -0.25) is 5.43 Å². The lowest BCUT2D eigenvalue weighted by atomic mass is 10.3. The fourth-order valence-electron chi connectivity index (χ4n) is 1.60. The molecule has 82 valence electrons. The predicted molar refractivity (Wildman–Crippen MR) is 64.1 cm³/mol. The molecule has 1 aliphatic rings. The Bertz CT molecular complexity index is 337. The zero-order valence-corrected chi connectivity index (χ0v) is 9.55. The van der Waals surface area contributed by atoms with Crippen molar-refractivity contribution >= 4 is 23.5 Å². The summed E-state index contributed by atoms with van der Waals surface area (Å²) in [6, 6.07) is 0. The van der Waals surface area contributed by atoms with Crippen molar-refractivity contribution in [3.63, 3.8) is 0 Å². The van der Waals surface area contributed by atoms with Crippen LogP contribution in [0.15, 0.2) is 6.20 Å². The van der Waals surface area contributed by atoms with Gasteiger partial charge in [0.1, 0.15) is 5.82 Å². The molecule has 1 saturated heterocycles. The number of aryl methyl sites for hydroxylation is 1. The number of nitrogens with one attached hydrogen (secondary N) is 1. The lowest BCUT2D eigenvalue weighted by molar-refractivity contribution is 0.829. The topological polar surface area (TPSA) is 67.1 Å².